The highest BCUT2D eigenvalue weighted by Gasteiger charge is 2.20. The molecule has 86 valence electrons. The van der Waals surface area contributed by atoms with Gasteiger partial charge in [-0.3, -0.25) is 0 Å². The maximum Gasteiger partial charge on any atom is 0.243 e. The fraction of sp³-hybridized carbons (Fsp3) is 0.222. The quantitative estimate of drug-likeness (QED) is 0.921. The number of hydrogen-bond donors (Lipinski definition) is 1. The molecule has 1 aromatic carbocycles. The van der Waals surface area contributed by atoms with Crippen molar-refractivity contribution in [1.29, 1.82) is 5.26 Å². The Balaban J connectivity index is 3.18. The number of nitriles is 1. The highest BCUT2D eigenvalue weighted by molar-refractivity contribution is 7.89. The lowest BCUT2D eigenvalue weighted by molar-refractivity contribution is 0.577. The van der Waals surface area contributed by atoms with Crippen molar-refractivity contribution >= 4 is 33.2 Å². The fourth-order valence-electron chi connectivity index (χ4n) is 1.01. The van der Waals surface area contributed by atoms with Crippen molar-refractivity contribution in [3.8, 4) is 6.07 Å². The molecule has 0 aliphatic carbocycles. The molecule has 1 aromatic rings. The van der Waals surface area contributed by atoms with Gasteiger partial charge in [-0.1, -0.05) is 23.2 Å². The van der Waals surface area contributed by atoms with E-state index in [4.69, 9.17) is 28.5 Å². The van der Waals surface area contributed by atoms with Gasteiger partial charge in [-0.05, 0) is 25.1 Å². The fourth-order valence-corrected chi connectivity index (χ4v) is 2.92. The Kier molecular flexibility index (Phi) is 4.16. The molecule has 1 unspecified atom stereocenters. The van der Waals surface area contributed by atoms with Crippen LogP contribution in [0.3, 0.4) is 0 Å². The van der Waals surface area contributed by atoms with Gasteiger partial charge in [0.05, 0.1) is 11.1 Å². The maximum atomic E-state index is 11.8. The molecule has 4 nitrogen and oxygen atoms in total. The van der Waals surface area contributed by atoms with Crippen molar-refractivity contribution in [2.24, 2.45) is 0 Å². The van der Waals surface area contributed by atoms with Gasteiger partial charge >= 0.3 is 0 Å². The summed E-state index contributed by atoms with van der Waals surface area (Å²) in [5, 5.41) is 8.85. The Morgan fingerprint density at radius 2 is 2.06 bits per heavy atom. The van der Waals surface area contributed by atoms with Gasteiger partial charge in [-0.25, -0.2) is 8.42 Å². The van der Waals surface area contributed by atoms with Crippen molar-refractivity contribution in [2.45, 2.75) is 17.9 Å². The largest absolute Gasteiger partial charge is 0.243 e. The average Bonchev–Trinajstić information content (AvgIpc) is 2.20. The van der Waals surface area contributed by atoms with Crippen LogP contribution in [0.25, 0.3) is 0 Å². The van der Waals surface area contributed by atoms with E-state index in [1.54, 1.807) is 6.07 Å². The summed E-state index contributed by atoms with van der Waals surface area (Å²) in [5.41, 5.74) is 0. The van der Waals surface area contributed by atoms with Crippen LogP contribution in [0.15, 0.2) is 23.1 Å². The third-order valence-electron chi connectivity index (χ3n) is 1.71. The van der Waals surface area contributed by atoms with Crippen molar-refractivity contribution in [3.05, 3.63) is 28.2 Å². The number of halogens is 2. The second kappa shape index (κ2) is 5.02. The van der Waals surface area contributed by atoms with Gasteiger partial charge in [0.2, 0.25) is 10.0 Å². The minimum atomic E-state index is -3.81. The number of benzene rings is 1. The first-order valence-electron chi connectivity index (χ1n) is 4.24. The van der Waals surface area contributed by atoms with Gasteiger partial charge in [0.1, 0.15) is 10.9 Å². The lowest BCUT2D eigenvalue weighted by Gasteiger charge is -2.09. The number of nitrogens with zero attached hydrogens (tertiary/aromatic N) is 1. The molecule has 1 N–H and O–H groups in total. The minimum absolute atomic E-state index is 0.0574. The van der Waals surface area contributed by atoms with E-state index in [1.807, 2.05) is 0 Å². The van der Waals surface area contributed by atoms with Crippen LogP contribution in [-0.4, -0.2) is 14.5 Å². The van der Waals surface area contributed by atoms with Crippen molar-refractivity contribution < 1.29 is 8.42 Å². The van der Waals surface area contributed by atoms with E-state index in [-0.39, 0.29) is 14.9 Å². The predicted octanol–water partition coefficient (Wildman–Crippen LogP) is 2.18. The summed E-state index contributed by atoms with van der Waals surface area (Å²) in [4.78, 5) is -0.135. The van der Waals surface area contributed by atoms with Gasteiger partial charge in [0, 0.05) is 5.02 Å². The Morgan fingerprint density at radius 3 is 2.62 bits per heavy atom. The third kappa shape index (κ3) is 3.09. The molecule has 0 saturated carbocycles. The van der Waals surface area contributed by atoms with Gasteiger partial charge in [-0.15, -0.1) is 0 Å². The van der Waals surface area contributed by atoms with Gasteiger partial charge in [-0.2, -0.15) is 9.98 Å². The van der Waals surface area contributed by atoms with E-state index in [0.29, 0.717) is 0 Å². The van der Waals surface area contributed by atoms with E-state index in [2.05, 4.69) is 4.72 Å². The smallest absolute Gasteiger partial charge is 0.207 e. The first kappa shape index (κ1) is 13.3. The van der Waals surface area contributed by atoms with Crippen LogP contribution >= 0.6 is 23.2 Å². The van der Waals surface area contributed by atoms with Crippen LogP contribution in [0, 0.1) is 11.3 Å². The first-order valence-corrected chi connectivity index (χ1v) is 6.47. The van der Waals surface area contributed by atoms with Gasteiger partial charge in [0.15, 0.2) is 0 Å². The Morgan fingerprint density at radius 1 is 1.44 bits per heavy atom. The zero-order valence-corrected chi connectivity index (χ0v) is 10.6. The van der Waals surface area contributed by atoms with Crippen LogP contribution in [-0.2, 0) is 10.0 Å². The zero-order chi connectivity index (χ0) is 12.3. The van der Waals surface area contributed by atoms with Crippen LogP contribution in [0.2, 0.25) is 10.0 Å². The van der Waals surface area contributed by atoms with E-state index in [0.717, 1.165) is 0 Å². The number of nitrogens with one attached hydrogen (secondary N) is 1. The maximum absolute atomic E-state index is 11.8. The lowest BCUT2D eigenvalue weighted by atomic mass is 10.4. The first-order chi connectivity index (χ1) is 7.36. The highest BCUT2D eigenvalue weighted by Crippen LogP contribution is 2.24. The summed E-state index contributed by atoms with van der Waals surface area (Å²) in [6.45, 7) is 1.43. The molecule has 0 saturated heterocycles. The van der Waals surface area contributed by atoms with E-state index < -0.39 is 16.1 Å². The summed E-state index contributed by atoms with van der Waals surface area (Å²) in [7, 11) is -3.81. The van der Waals surface area contributed by atoms with E-state index in [9.17, 15) is 8.42 Å². The molecule has 0 spiro atoms. The molecular weight excluding hydrogens is 271 g/mol. The zero-order valence-electron chi connectivity index (χ0n) is 8.24. The number of hydrogen-bond acceptors (Lipinski definition) is 3. The second-order valence-corrected chi connectivity index (χ2v) is 5.57. The lowest BCUT2D eigenvalue weighted by Crippen LogP contribution is -2.31. The van der Waals surface area contributed by atoms with Crippen molar-refractivity contribution in [2.75, 3.05) is 0 Å². The van der Waals surface area contributed by atoms with Crippen LogP contribution in [0.1, 0.15) is 6.92 Å². The van der Waals surface area contributed by atoms with Crippen molar-refractivity contribution in [1.82, 2.24) is 4.72 Å². The normalized spacial score (nSPS) is 13.1. The Bertz CT molecular complexity index is 537. The molecule has 0 aliphatic heterocycles. The second-order valence-electron chi connectivity index (χ2n) is 3.05. The summed E-state index contributed by atoms with van der Waals surface area (Å²) >= 11 is 11.4. The summed E-state index contributed by atoms with van der Waals surface area (Å²) in [6.07, 6.45) is 0. The molecule has 0 aliphatic rings. The monoisotopic (exact) mass is 278 g/mol. The summed E-state index contributed by atoms with van der Waals surface area (Å²) in [6, 6.07) is 5.02. The molecule has 1 atom stereocenters. The topological polar surface area (TPSA) is 70.0 Å². The highest BCUT2D eigenvalue weighted by atomic mass is 35.5. The van der Waals surface area contributed by atoms with Crippen LogP contribution < -0.4 is 4.72 Å². The molecule has 1 rings (SSSR count). The number of rotatable bonds is 3. The average molecular weight is 279 g/mol. The third-order valence-corrected chi connectivity index (χ3v) is 3.97. The van der Waals surface area contributed by atoms with E-state index >= 15 is 0 Å². The van der Waals surface area contributed by atoms with Crippen LogP contribution in [0.5, 0.6) is 0 Å². The van der Waals surface area contributed by atoms with Crippen molar-refractivity contribution in [3.63, 3.8) is 0 Å². The Hall–Kier alpha value is -0.800. The molecule has 0 fully saturated rings. The number of sulfonamides is 1. The Labute approximate surface area is 104 Å². The summed E-state index contributed by atoms with van der Waals surface area (Å²) < 4.78 is 25.7. The SMILES string of the molecule is CC(C#N)NS(=O)(=O)c1cc(Cl)ccc1Cl. The predicted molar refractivity (Wildman–Crippen MR) is 61.9 cm³/mol. The molecule has 0 amide bonds. The molecular formula is C9H8Cl2N2O2S. The molecule has 0 heterocycles. The molecule has 0 aromatic heterocycles. The van der Waals surface area contributed by atoms with Gasteiger partial charge in [0.25, 0.3) is 0 Å². The summed E-state index contributed by atoms with van der Waals surface area (Å²) in [5.74, 6) is 0. The standard InChI is InChI=1S/C9H8Cl2N2O2S/c1-6(5-12)13-16(14,15)9-4-7(10)2-3-8(9)11/h2-4,6,13H,1H3. The minimum Gasteiger partial charge on any atom is -0.207 e. The molecule has 7 heteroatoms. The molecule has 16 heavy (non-hydrogen) atoms. The van der Waals surface area contributed by atoms with Gasteiger partial charge < -0.3 is 0 Å². The van der Waals surface area contributed by atoms with E-state index in [1.165, 1.54) is 25.1 Å². The molecule has 0 bridgehead atoms. The van der Waals surface area contributed by atoms with Crippen LogP contribution in [0.4, 0.5) is 0 Å². The molecule has 0 radical (unpaired) electrons.